The molecule has 0 aromatic carbocycles. The van der Waals surface area contributed by atoms with Crippen LogP contribution in [0.1, 0.15) is 167 Å². The number of amides is 4. The molecule has 0 fully saturated rings. The van der Waals surface area contributed by atoms with E-state index in [-0.39, 0.29) is 23.6 Å². The van der Waals surface area contributed by atoms with Crippen LogP contribution in [0.4, 0.5) is 0 Å². The van der Waals surface area contributed by atoms with E-state index in [4.69, 9.17) is 0 Å². The van der Waals surface area contributed by atoms with E-state index in [1.807, 2.05) is 9.80 Å². The van der Waals surface area contributed by atoms with Crippen molar-refractivity contribution in [3.05, 3.63) is 101 Å². The number of rotatable bonds is 44. The predicted molar refractivity (Wildman–Crippen MR) is 268 cm³/mol. The second-order valence-corrected chi connectivity index (χ2v) is 16.3. The molecule has 0 unspecified atom stereocenters. The smallest absolute Gasteiger partial charge is 0.223 e. The quantitative estimate of drug-likeness (QED) is 0.0451. The van der Waals surface area contributed by atoms with Crippen LogP contribution >= 0.6 is 0 Å². The molecule has 0 atom stereocenters. The molecule has 8 nitrogen and oxygen atoms in total. The third-order valence-corrected chi connectivity index (χ3v) is 10.8. The third kappa shape index (κ3) is 36.5. The van der Waals surface area contributed by atoms with Crippen molar-refractivity contribution < 1.29 is 19.2 Å². The number of hydrogen-bond donors (Lipinski definition) is 0. The summed E-state index contributed by atoms with van der Waals surface area (Å²) in [5.74, 6) is 0.772. The Morgan fingerprint density at radius 3 is 0.452 bits per heavy atom. The van der Waals surface area contributed by atoms with Gasteiger partial charge in [0, 0.05) is 78.0 Å². The lowest BCUT2D eigenvalue weighted by molar-refractivity contribution is -0.131. The molecule has 0 N–H and O–H groups in total. The summed E-state index contributed by atoms with van der Waals surface area (Å²) in [4.78, 5) is 55.7. The summed E-state index contributed by atoms with van der Waals surface area (Å²) in [5, 5.41) is 0. The van der Waals surface area contributed by atoms with E-state index in [0.717, 1.165) is 64.2 Å². The summed E-state index contributed by atoms with van der Waals surface area (Å²) in [6.45, 7) is 34.4. The Balaban J connectivity index is 0. The van der Waals surface area contributed by atoms with Gasteiger partial charge in [0.1, 0.15) is 0 Å². The molecule has 0 aromatic heterocycles. The third-order valence-electron chi connectivity index (χ3n) is 10.8. The van der Waals surface area contributed by atoms with Crippen LogP contribution in [-0.4, -0.2) is 95.6 Å². The Labute approximate surface area is 381 Å². The molecule has 0 aliphatic heterocycles. The van der Waals surface area contributed by atoms with Gasteiger partial charge in [0.05, 0.1) is 0 Å². The number of carbonyl (C=O) groups excluding carboxylic acids is 4. The molecule has 0 aliphatic carbocycles. The zero-order valence-electron chi connectivity index (χ0n) is 39.7. The maximum atomic E-state index is 12.2. The highest BCUT2D eigenvalue weighted by Gasteiger charge is 2.13. The van der Waals surface area contributed by atoms with Crippen molar-refractivity contribution in [2.24, 2.45) is 0 Å². The van der Waals surface area contributed by atoms with Crippen molar-refractivity contribution in [1.82, 2.24) is 19.6 Å². The Bertz CT molecular complexity index is 1110. The van der Waals surface area contributed by atoms with Gasteiger partial charge in [0.15, 0.2) is 0 Å². The van der Waals surface area contributed by atoms with Gasteiger partial charge >= 0.3 is 0 Å². The molecule has 0 saturated heterocycles. The highest BCUT2D eigenvalue weighted by molar-refractivity contribution is 5.77. The molecular weight excluding hydrogens is 769 g/mol. The van der Waals surface area contributed by atoms with E-state index >= 15 is 0 Å². The molecule has 0 bridgehead atoms. The first-order valence-corrected chi connectivity index (χ1v) is 24.2. The van der Waals surface area contributed by atoms with E-state index in [0.29, 0.717) is 78.0 Å². The number of unbranched alkanes of at least 4 members (excludes halogenated alkanes) is 20. The van der Waals surface area contributed by atoms with Crippen LogP contribution in [-0.2, 0) is 19.2 Å². The first-order chi connectivity index (χ1) is 30.2. The minimum absolute atomic E-state index is 0.167. The Kier molecular flexibility index (Phi) is 44.7. The summed E-state index contributed by atoms with van der Waals surface area (Å²) < 4.78 is 0. The predicted octanol–water partition coefficient (Wildman–Crippen LogP) is 12.9. The first-order valence-electron chi connectivity index (χ1n) is 24.2. The van der Waals surface area contributed by atoms with E-state index in [1.54, 1.807) is 58.4 Å². The lowest BCUT2D eigenvalue weighted by atomic mass is 10.0. The summed E-state index contributed by atoms with van der Waals surface area (Å²) >= 11 is 0. The van der Waals surface area contributed by atoms with Crippen LogP contribution in [0, 0.1) is 0 Å². The molecule has 0 spiro atoms. The zero-order valence-corrected chi connectivity index (χ0v) is 39.7. The maximum absolute atomic E-state index is 12.2. The molecule has 0 rings (SSSR count). The van der Waals surface area contributed by atoms with E-state index in [2.05, 4.69) is 52.6 Å². The molecular formula is C54H92N4O4. The van der Waals surface area contributed by atoms with Crippen molar-refractivity contribution in [2.75, 3.05) is 52.4 Å². The molecule has 0 heterocycles. The zero-order chi connectivity index (χ0) is 46.3. The fourth-order valence-electron chi connectivity index (χ4n) is 7.28. The van der Waals surface area contributed by atoms with Gasteiger partial charge in [-0.1, -0.05) is 164 Å². The minimum Gasteiger partial charge on any atom is -0.335 e. The molecule has 8 heteroatoms. The lowest BCUT2D eigenvalue weighted by Gasteiger charge is -2.19. The first kappa shape index (κ1) is 59.9. The molecule has 4 amide bonds. The van der Waals surface area contributed by atoms with Crippen LogP contribution in [0.15, 0.2) is 101 Å². The average molecular weight is 861 g/mol. The van der Waals surface area contributed by atoms with Crippen LogP contribution in [0.5, 0.6) is 0 Å². The highest BCUT2D eigenvalue weighted by Crippen LogP contribution is 2.16. The van der Waals surface area contributed by atoms with Crippen molar-refractivity contribution >= 4 is 23.6 Å². The number of carbonyl (C=O) groups is 4. The van der Waals surface area contributed by atoms with Gasteiger partial charge in [-0.15, -0.1) is 52.6 Å². The van der Waals surface area contributed by atoms with Gasteiger partial charge in [-0.3, -0.25) is 19.2 Å². The molecule has 352 valence electrons. The van der Waals surface area contributed by atoms with Crippen molar-refractivity contribution in [2.45, 2.75) is 167 Å². The van der Waals surface area contributed by atoms with Crippen LogP contribution in [0.3, 0.4) is 0 Å². The second kappa shape index (κ2) is 46.3. The molecule has 0 radical (unpaired) electrons. The fourth-order valence-corrected chi connectivity index (χ4v) is 7.28. The lowest BCUT2D eigenvalue weighted by Crippen LogP contribution is -2.31. The summed E-state index contributed by atoms with van der Waals surface area (Å²) in [5.41, 5.74) is 0. The largest absolute Gasteiger partial charge is 0.335 e. The second-order valence-electron chi connectivity index (χ2n) is 16.3. The van der Waals surface area contributed by atoms with Crippen molar-refractivity contribution in [3.8, 4) is 0 Å². The maximum Gasteiger partial charge on any atom is 0.223 e. The van der Waals surface area contributed by atoms with Crippen LogP contribution < -0.4 is 0 Å². The topological polar surface area (TPSA) is 81.2 Å². The van der Waals surface area contributed by atoms with E-state index in [1.165, 1.54) is 77.0 Å². The monoisotopic (exact) mass is 861 g/mol. The SMILES string of the molecule is C=CCN(CC=C)C(=O)CCCCCCCCC(=O)N(CC=C)CC=C.C=CCN(CC=C)C(=O)CCCCCCCCCCCCCCCCCCC(=O)N(CC=C)CC=C. The standard InChI is InChI=1S/C32H56N2O2.C22H36N2O2/c1-5-27-33(28-6-2)31(35)25-23-21-19-17-15-13-11-9-10-12-14-16-18-20-22-24-26-32(36)34(29-7-3)30-8-4;1-5-17-23(18-6-2)21(25)15-13-11-9-10-12-14-16-22(26)24(19-7-3)20-8-4/h5-8H,1-4,9-30H2;5-8H,1-4,9-20H2. The molecule has 0 aliphatic rings. The van der Waals surface area contributed by atoms with E-state index < -0.39 is 0 Å². The van der Waals surface area contributed by atoms with Gasteiger partial charge < -0.3 is 19.6 Å². The van der Waals surface area contributed by atoms with Crippen molar-refractivity contribution in [3.63, 3.8) is 0 Å². The van der Waals surface area contributed by atoms with Gasteiger partial charge in [0.25, 0.3) is 0 Å². The van der Waals surface area contributed by atoms with Gasteiger partial charge in [-0.05, 0) is 25.7 Å². The fraction of sp³-hybridized carbons (Fsp3) is 0.630. The number of nitrogens with zero attached hydrogens (tertiary/aromatic N) is 4. The van der Waals surface area contributed by atoms with Crippen LogP contribution in [0.25, 0.3) is 0 Å². The summed E-state index contributed by atoms with van der Waals surface area (Å²) in [6, 6.07) is 0. The van der Waals surface area contributed by atoms with Gasteiger partial charge in [-0.2, -0.15) is 0 Å². The molecule has 62 heavy (non-hydrogen) atoms. The van der Waals surface area contributed by atoms with Crippen molar-refractivity contribution in [1.29, 1.82) is 0 Å². The van der Waals surface area contributed by atoms with Gasteiger partial charge in [0.2, 0.25) is 23.6 Å². The van der Waals surface area contributed by atoms with E-state index in [9.17, 15) is 19.2 Å². The minimum atomic E-state index is 0.167. The Morgan fingerprint density at radius 2 is 0.339 bits per heavy atom. The Morgan fingerprint density at radius 1 is 0.226 bits per heavy atom. The van der Waals surface area contributed by atoms with Gasteiger partial charge in [-0.25, -0.2) is 0 Å². The number of hydrogen-bond acceptors (Lipinski definition) is 4. The summed E-state index contributed by atoms with van der Waals surface area (Å²) in [7, 11) is 0. The highest BCUT2D eigenvalue weighted by atomic mass is 16.2. The normalized spacial score (nSPS) is 10.3. The summed E-state index contributed by atoms with van der Waals surface area (Å²) in [6.07, 6.45) is 42.8. The average Bonchev–Trinajstić information content (AvgIpc) is 3.26. The molecule has 0 saturated carbocycles. The molecule has 0 aromatic rings. The van der Waals surface area contributed by atoms with Crippen LogP contribution in [0.2, 0.25) is 0 Å². The Hall–Kier alpha value is -4.20.